The van der Waals surface area contributed by atoms with E-state index in [1.807, 2.05) is 36.4 Å². The number of benzene rings is 3. The fourth-order valence-corrected chi connectivity index (χ4v) is 4.91. The maximum atomic E-state index is 14.3. The van der Waals surface area contributed by atoms with Crippen molar-refractivity contribution in [1.82, 2.24) is 10.6 Å². The van der Waals surface area contributed by atoms with Crippen LogP contribution in [0.15, 0.2) is 77.7 Å². The summed E-state index contributed by atoms with van der Waals surface area (Å²) in [5.74, 6) is 2.80. The zero-order valence-electron chi connectivity index (χ0n) is 22.4. The smallest absolute Gasteiger partial charge is 0.342 e. The standard InChI is InChI=1S/C30H31F4N3O2S/c1-29(2,31)19-26(28(38)36-18-17-35)37-27(30(32,33)34)24-11-9-22(10-12-24)20-5-7-21(8-6-20)23-13-15-25(16-14-23)40(3,4)39/h5-16,26-27,37H,3,18-19H2,1-2,4H3,(H,36,38). The van der Waals surface area contributed by atoms with Crippen LogP contribution in [0.4, 0.5) is 17.6 Å². The van der Waals surface area contributed by atoms with Crippen LogP contribution in [0, 0.1) is 11.3 Å². The van der Waals surface area contributed by atoms with Gasteiger partial charge in [0, 0.05) is 17.6 Å². The quantitative estimate of drug-likeness (QED) is 0.175. The third-order valence-electron chi connectivity index (χ3n) is 6.19. The molecule has 2 N–H and O–H groups in total. The number of nitriles is 1. The highest BCUT2D eigenvalue weighted by atomic mass is 32.2. The van der Waals surface area contributed by atoms with Gasteiger partial charge in [0.15, 0.2) is 0 Å². The Morgan fingerprint density at radius 2 is 1.32 bits per heavy atom. The van der Waals surface area contributed by atoms with E-state index in [1.54, 1.807) is 36.6 Å². The first kappa shape index (κ1) is 30.9. The fraction of sp³-hybridized carbons (Fsp3) is 0.300. The second-order valence-corrected chi connectivity index (χ2v) is 12.7. The molecule has 0 saturated heterocycles. The molecular formula is C30H31F4N3O2S. The topological polar surface area (TPSA) is 82.0 Å². The predicted octanol–water partition coefficient (Wildman–Crippen LogP) is 6.07. The molecule has 3 unspecified atom stereocenters. The molecule has 0 fully saturated rings. The first-order valence-corrected chi connectivity index (χ1v) is 14.5. The van der Waals surface area contributed by atoms with E-state index in [9.17, 15) is 26.6 Å². The Bertz CT molecular complexity index is 1450. The Balaban J connectivity index is 1.83. The molecule has 5 nitrogen and oxygen atoms in total. The van der Waals surface area contributed by atoms with E-state index in [0.717, 1.165) is 16.7 Å². The third kappa shape index (κ3) is 8.41. The molecule has 1 amide bonds. The zero-order chi connectivity index (χ0) is 29.7. The van der Waals surface area contributed by atoms with E-state index in [4.69, 9.17) is 5.26 Å². The van der Waals surface area contributed by atoms with Gasteiger partial charge in [-0.15, -0.1) is 0 Å². The fourth-order valence-electron chi connectivity index (χ4n) is 4.20. The number of hydrogen-bond acceptors (Lipinski definition) is 4. The summed E-state index contributed by atoms with van der Waals surface area (Å²) in [5, 5.41) is 13.2. The summed E-state index contributed by atoms with van der Waals surface area (Å²) in [5.41, 5.74) is 1.23. The summed E-state index contributed by atoms with van der Waals surface area (Å²) in [6, 6.07) is 18.4. The first-order valence-electron chi connectivity index (χ1n) is 12.4. The van der Waals surface area contributed by atoms with Crippen molar-refractivity contribution in [1.29, 1.82) is 5.26 Å². The van der Waals surface area contributed by atoms with Crippen LogP contribution in [-0.4, -0.2) is 46.7 Å². The maximum absolute atomic E-state index is 14.3. The van der Waals surface area contributed by atoms with Gasteiger partial charge in [0.25, 0.3) is 0 Å². The van der Waals surface area contributed by atoms with Crippen LogP contribution in [0.5, 0.6) is 0 Å². The van der Waals surface area contributed by atoms with Crippen molar-refractivity contribution in [2.24, 2.45) is 0 Å². The third-order valence-corrected chi connectivity index (χ3v) is 7.46. The lowest BCUT2D eigenvalue weighted by molar-refractivity contribution is -0.161. The number of amides is 1. The molecule has 0 aliphatic rings. The van der Waals surface area contributed by atoms with Crippen molar-refractivity contribution in [2.75, 3.05) is 12.8 Å². The lowest BCUT2D eigenvalue weighted by atomic mass is 9.96. The van der Waals surface area contributed by atoms with Crippen LogP contribution < -0.4 is 10.6 Å². The molecule has 0 radical (unpaired) electrons. The monoisotopic (exact) mass is 573 g/mol. The number of carbonyl (C=O) groups is 1. The minimum Gasteiger partial charge on any atom is -0.342 e. The van der Waals surface area contributed by atoms with Gasteiger partial charge < -0.3 is 5.32 Å². The zero-order valence-corrected chi connectivity index (χ0v) is 23.2. The van der Waals surface area contributed by atoms with Crippen LogP contribution in [0.25, 0.3) is 22.3 Å². The molecule has 0 aromatic heterocycles. The van der Waals surface area contributed by atoms with E-state index in [1.165, 1.54) is 26.0 Å². The average Bonchev–Trinajstić information content (AvgIpc) is 2.88. The minimum absolute atomic E-state index is 0.138. The molecule has 3 rings (SSSR count). The van der Waals surface area contributed by atoms with Gasteiger partial charge in [-0.1, -0.05) is 60.7 Å². The molecule has 0 saturated carbocycles. The number of carbonyl (C=O) groups excluding carboxylic acids is 1. The SMILES string of the molecule is C=S(C)(=O)c1ccc(-c2ccc(-c3ccc(C(NC(CC(C)(C)F)C(=O)NCC#N)C(F)(F)F)cc3)cc2)cc1. The van der Waals surface area contributed by atoms with Gasteiger partial charge >= 0.3 is 6.18 Å². The molecule has 3 aromatic rings. The first-order chi connectivity index (χ1) is 18.6. The maximum Gasteiger partial charge on any atom is 0.407 e. The largest absolute Gasteiger partial charge is 0.407 e. The lowest BCUT2D eigenvalue weighted by Gasteiger charge is -2.29. The van der Waals surface area contributed by atoms with Gasteiger partial charge in [0.2, 0.25) is 5.91 Å². The summed E-state index contributed by atoms with van der Waals surface area (Å²) in [4.78, 5) is 13.1. The second kappa shape index (κ2) is 12.2. The van der Waals surface area contributed by atoms with Crippen molar-refractivity contribution >= 4 is 21.3 Å². The predicted molar refractivity (Wildman–Crippen MR) is 151 cm³/mol. The van der Waals surface area contributed by atoms with Gasteiger partial charge in [-0.05, 0) is 69.2 Å². The van der Waals surface area contributed by atoms with Crippen LogP contribution in [0.1, 0.15) is 31.9 Å². The molecule has 10 heteroatoms. The summed E-state index contributed by atoms with van der Waals surface area (Å²) in [6.45, 7) is 1.93. The van der Waals surface area contributed by atoms with Crippen LogP contribution in [-0.2, 0) is 14.3 Å². The highest BCUT2D eigenvalue weighted by Crippen LogP contribution is 2.35. The number of hydrogen-bond donors (Lipinski definition) is 2. The highest BCUT2D eigenvalue weighted by Gasteiger charge is 2.43. The normalized spacial score (nSPS) is 14.9. The van der Waals surface area contributed by atoms with Crippen molar-refractivity contribution < 1.29 is 26.6 Å². The number of nitrogens with one attached hydrogen (secondary N) is 2. The summed E-state index contributed by atoms with van der Waals surface area (Å²) in [6.07, 6.45) is -3.71. The van der Waals surface area contributed by atoms with Crippen molar-refractivity contribution in [2.45, 2.75) is 49.1 Å². The Hall–Kier alpha value is -3.68. The van der Waals surface area contributed by atoms with E-state index in [-0.39, 0.29) is 5.56 Å². The average molecular weight is 574 g/mol. The lowest BCUT2D eigenvalue weighted by Crippen LogP contribution is -2.51. The van der Waals surface area contributed by atoms with Crippen LogP contribution >= 0.6 is 0 Å². The number of nitrogens with zero attached hydrogens (tertiary/aromatic N) is 1. The Labute approximate surface area is 232 Å². The molecule has 3 atom stereocenters. The van der Waals surface area contributed by atoms with Gasteiger partial charge in [0.1, 0.15) is 18.3 Å². The minimum atomic E-state index is -4.77. The summed E-state index contributed by atoms with van der Waals surface area (Å²) in [7, 11) is -2.31. The van der Waals surface area contributed by atoms with Crippen molar-refractivity contribution in [3.8, 4) is 28.3 Å². The van der Waals surface area contributed by atoms with Crippen LogP contribution in [0.2, 0.25) is 0 Å². The number of halogens is 4. The molecule has 0 bridgehead atoms. The molecular weight excluding hydrogens is 542 g/mol. The highest BCUT2D eigenvalue weighted by molar-refractivity contribution is 7.99. The van der Waals surface area contributed by atoms with E-state index >= 15 is 0 Å². The number of rotatable bonds is 10. The van der Waals surface area contributed by atoms with E-state index < -0.39 is 52.3 Å². The molecule has 3 aromatic carbocycles. The van der Waals surface area contributed by atoms with E-state index in [2.05, 4.69) is 16.5 Å². The van der Waals surface area contributed by atoms with Gasteiger partial charge in [0.05, 0.1) is 12.1 Å². The Kier molecular flexibility index (Phi) is 9.44. The van der Waals surface area contributed by atoms with Gasteiger partial charge in [-0.2, -0.15) is 18.4 Å². The van der Waals surface area contributed by atoms with Crippen molar-refractivity contribution in [3.63, 3.8) is 0 Å². The molecule has 0 spiro atoms. The summed E-state index contributed by atoms with van der Waals surface area (Å²) >= 11 is 0. The number of alkyl halides is 4. The molecule has 0 aliphatic heterocycles. The second-order valence-electron chi connectivity index (χ2n) is 10.2. The van der Waals surface area contributed by atoms with E-state index in [0.29, 0.717) is 10.5 Å². The van der Waals surface area contributed by atoms with Gasteiger partial charge in [-0.3, -0.25) is 14.3 Å². The molecule has 212 valence electrons. The summed E-state index contributed by atoms with van der Waals surface area (Å²) < 4.78 is 68.7. The molecule has 0 heterocycles. The molecule has 0 aliphatic carbocycles. The van der Waals surface area contributed by atoms with Crippen molar-refractivity contribution in [3.05, 3.63) is 78.4 Å². The Morgan fingerprint density at radius 3 is 1.70 bits per heavy atom. The Morgan fingerprint density at radius 1 is 0.900 bits per heavy atom. The van der Waals surface area contributed by atoms with Crippen LogP contribution in [0.3, 0.4) is 0 Å². The molecule has 40 heavy (non-hydrogen) atoms. The van der Waals surface area contributed by atoms with Gasteiger partial charge in [-0.25, -0.2) is 4.39 Å².